The molecule has 5 nitrogen and oxygen atoms in total. The van der Waals surface area contributed by atoms with E-state index in [9.17, 15) is 4.79 Å². The van der Waals surface area contributed by atoms with Crippen molar-refractivity contribution < 1.29 is 4.79 Å². The van der Waals surface area contributed by atoms with Gasteiger partial charge in [0.15, 0.2) is 5.13 Å². The Labute approximate surface area is 136 Å². The highest BCUT2D eigenvalue weighted by Crippen LogP contribution is 2.24. The number of piperidine rings is 1. The minimum Gasteiger partial charge on any atom is -0.348 e. The SMILES string of the molecule is O=C(NCC1CCCN(c2nccs2)C1)NC1CCCCC1. The summed E-state index contributed by atoms with van der Waals surface area (Å²) in [7, 11) is 0. The fourth-order valence-electron chi connectivity index (χ4n) is 3.50. The molecule has 1 aromatic rings. The van der Waals surface area contributed by atoms with Crippen LogP contribution >= 0.6 is 11.3 Å². The normalized spacial score (nSPS) is 23.3. The summed E-state index contributed by atoms with van der Waals surface area (Å²) < 4.78 is 0. The molecule has 0 aromatic carbocycles. The molecule has 1 saturated carbocycles. The second kappa shape index (κ2) is 7.81. The molecular formula is C16H26N4OS. The van der Waals surface area contributed by atoms with E-state index in [-0.39, 0.29) is 6.03 Å². The molecule has 22 heavy (non-hydrogen) atoms. The van der Waals surface area contributed by atoms with Crippen LogP contribution in [-0.4, -0.2) is 36.7 Å². The molecule has 1 aliphatic heterocycles. The van der Waals surface area contributed by atoms with Crippen molar-refractivity contribution in [2.24, 2.45) is 5.92 Å². The van der Waals surface area contributed by atoms with Gasteiger partial charge in [-0.15, -0.1) is 11.3 Å². The van der Waals surface area contributed by atoms with Gasteiger partial charge in [-0.2, -0.15) is 0 Å². The van der Waals surface area contributed by atoms with Crippen molar-refractivity contribution >= 4 is 22.5 Å². The van der Waals surface area contributed by atoms with E-state index >= 15 is 0 Å². The summed E-state index contributed by atoms with van der Waals surface area (Å²) in [4.78, 5) is 18.8. The predicted octanol–water partition coefficient (Wildman–Crippen LogP) is 2.99. The maximum absolute atomic E-state index is 12.0. The summed E-state index contributed by atoms with van der Waals surface area (Å²) in [5.74, 6) is 0.523. The first-order valence-electron chi connectivity index (χ1n) is 8.50. The first kappa shape index (κ1) is 15.6. The maximum Gasteiger partial charge on any atom is 0.315 e. The Kier molecular flexibility index (Phi) is 5.53. The molecule has 6 heteroatoms. The van der Waals surface area contributed by atoms with Crippen LogP contribution in [0.5, 0.6) is 0 Å². The van der Waals surface area contributed by atoms with Gasteiger partial charge in [0.1, 0.15) is 0 Å². The molecule has 3 rings (SSSR count). The fraction of sp³-hybridized carbons (Fsp3) is 0.750. The van der Waals surface area contributed by atoms with Crippen LogP contribution in [0.15, 0.2) is 11.6 Å². The summed E-state index contributed by atoms with van der Waals surface area (Å²) in [6, 6.07) is 0.394. The summed E-state index contributed by atoms with van der Waals surface area (Å²) in [6.07, 6.45) is 10.3. The van der Waals surface area contributed by atoms with Crippen LogP contribution in [0.25, 0.3) is 0 Å². The van der Waals surface area contributed by atoms with Gasteiger partial charge in [-0.3, -0.25) is 0 Å². The zero-order valence-electron chi connectivity index (χ0n) is 13.1. The summed E-state index contributed by atoms with van der Waals surface area (Å²) in [5, 5.41) is 9.33. The fourth-order valence-corrected chi connectivity index (χ4v) is 4.18. The van der Waals surface area contributed by atoms with Crippen LogP contribution in [0.3, 0.4) is 0 Å². The van der Waals surface area contributed by atoms with Crippen LogP contribution in [0.1, 0.15) is 44.9 Å². The second-order valence-electron chi connectivity index (χ2n) is 6.46. The van der Waals surface area contributed by atoms with E-state index in [2.05, 4.69) is 20.5 Å². The van der Waals surface area contributed by atoms with E-state index < -0.39 is 0 Å². The molecule has 2 amide bonds. The lowest BCUT2D eigenvalue weighted by Crippen LogP contribution is -2.46. The smallest absolute Gasteiger partial charge is 0.315 e. The number of urea groups is 1. The lowest BCUT2D eigenvalue weighted by atomic mass is 9.96. The topological polar surface area (TPSA) is 57.3 Å². The van der Waals surface area contributed by atoms with Crippen molar-refractivity contribution in [2.75, 3.05) is 24.5 Å². The monoisotopic (exact) mass is 322 g/mol. The van der Waals surface area contributed by atoms with Gasteiger partial charge in [-0.1, -0.05) is 19.3 Å². The van der Waals surface area contributed by atoms with Gasteiger partial charge >= 0.3 is 6.03 Å². The minimum absolute atomic E-state index is 0.0123. The average molecular weight is 322 g/mol. The molecule has 1 aromatic heterocycles. The number of rotatable bonds is 4. The second-order valence-corrected chi connectivity index (χ2v) is 7.33. The molecule has 2 fully saturated rings. The van der Waals surface area contributed by atoms with E-state index in [4.69, 9.17) is 0 Å². The highest BCUT2D eigenvalue weighted by molar-refractivity contribution is 7.13. The van der Waals surface area contributed by atoms with Crippen molar-refractivity contribution in [3.63, 3.8) is 0 Å². The highest BCUT2D eigenvalue weighted by atomic mass is 32.1. The van der Waals surface area contributed by atoms with Crippen LogP contribution < -0.4 is 15.5 Å². The largest absolute Gasteiger partial charge is 0.348 e. The molecule has 1 atom stereocenters. The number of carbonyl (C=O) groups excluding carboxylic acids is 1. The molecule has 0 spiro atoms. The van der Waals surface area contributed by atoms with Crippen LogP contribution in [0, 0.1) is 5.92 Å². The number of anilines is 1. The van der Waals surface area contributed by atoms with Crippen molar-refractivity contribution in [1.82, 2.24) is 15.6 Å². The molecule has 122 valence electrons. The Morgan fingerprint density at radius 1 is 1.27 bits per heavy atom. The maximum atomic E-state index is 12.0. The van der Waals surface area contributed by atoms with Crippen molar-refractivity contribution in [1.29, 1.82) is 0 Å². The lowest BCUT2D eigenvalue weighted by molar-refractivity contribution is 0.229. The molecular weight excluding hydrogens is 296 g/mol. The Morgan fingerprint density at radius 3 is 2.91 bits per heavy atom. The Balaban J connectivity index is 1.40. The molecule has 0 bridgehead atoms. The first-order valence-corrected chi connectivity index (χ1v) is 9.38. The number of amides is 2. The van der Waals surface area contributed by atoms with Gasteiger partial charge in [0.2, 0.25) is 0 Å². The summed E-state index contributed by atoms with van der Waals surface area (Å²) in [5.41, 5.74) is 0. The number of hydrogen-bond donors (Lipinski definition) is 2. The number of nitrogens with one attached hydrogen (secondary N) is 2. The molecule has 2 aliphatic rings. The van der Waals surface area contributed by atoms with Gasteiger partial charge in [0.25, 0.3) is 0 Å². The quantitative estimate of drug-likeness (QED) is 0.896. The molecule has 1 unspecified atom stereocenters. The van der Waals surface area contributed by atoms with Crippen molar-refractivity contribution in [3.05, 3.63) is 11.6 Å². The predicted molar refractivity (Wildman–Crippen MR) is 90.5 cm³/mol. The van der Waals surface area contributed by atoms with Gasteiger partial charge in [-0.25, -0.2) is 9.78 Å². The zero-order chi connectivity index (χ0) is 15.2. The first-order chi connectivity index (χ1) is 10.8. The van der Waals surface area contributed by atoms with Crippen molar-refractivity contribution in [3.8, 4) is 0 Å². The molecule has 2 N–H and O–H groups in total. The van der Waals surface area contributed by atoms with Crippen molar-refractivity contribution in [2.45, 2.75) is 51.0 Å². The van der Waals surface area contributed by atoms with Crippen LogP contribution in [-0.2, 0) is 0 Å². The van der Waals surface area contributed by atoms with E-state index in [1.807, 2.05) is 11.6 Å². The van der Waals surface area contributed by atoms with E-state index in [1.165, 1.54) is 32.1 Å². The number of nitrogens with zero attached hydrogens (tertiary/aromatic N) is 2. The third kappa shape index (κ3) is 4.35. The van der Waals surface area contributed by atoms with Gasteiger partial charge in [0, 0.05) is 37.3 Å². The molecule has 0 radical (unpaired) electrons. The van der Waals surface area contributed by atoms with Gasteiger partial charge in [0.05, 0.1) is 0 Å². The zero-order valence-corrected chi connectivity index (χ0v) is 13.9. The van der Waals surface area contributed by atoms with Gasteiger partial charge < -0.3 is 15.5 Å². The lowest BCUT2D eigenvalue weighted by Gasteiger charge is -2.32. The standard InChI is InChI=1S/C16H26N4OS/c21-15(19-14-6-2-1-3-7-14)18-11-13-5-4-9-20(12-13)16-17-8-10-22-16/h8,10,13-14H,1-7,9,11-12H2,(H2,18,19,21). The van der Waals surface area contributed by atoms with Gasteiger partial charge in [-0.05, 0) is 31.6 Å². The van der Waals surface area contributed by atoms with E-state index in [0.717, 1.165) is 37.6 Å². The Bertz CT molecular complexity index is 459. The molecule has 1 aliphatic carbocycles. The molecule has 2 heterocycles. The van der Waals surface area contributed by atoms with E-state index in [0.29, 0.717) is 12.0 Å². The third-order valence-corrected chi connectivity index (χ3v) is 5.53. The minimum atomic E-state index is 0.0123. The summed E-state index contributed by atoms with van der Waals surface area (Å²) in [6.45, 7) is 2.84. The number of aromatic nitrogens is 1. The number of thiazole rings is 1. The average Bonchev–Trinajstić information content (AvgIpc) is 3.09. The van der Waals surface area contributed by atoms with E-state index in [1.54, 1.807) is 11.3 Å². The summed E-state index contributed by atoms with van der Waals surface area (Å²) >= 11 is 1.69. The Morgan fingerprint density at radius 2 is 2.14 bits per heavy atom. The van der Waals surface area contributed by atoms with Crippen LogP contribution in [0.4, 0.5) is 9.93 Å². The third-order valence-electron chi connectivity index (χ3n) is 4.70. The van der Waals surface area contributed by atoms with Crippen LogP contribution in [0.2, 0.25) is 0 Å². The highest BCUT2D eigenvalue weighted by Gasteiger charge is 2.22. The number of carbonyl (C=O) groups is 1. The number of hydrogen-bond acceptors (Lipinski definition) is 4. The Hall–Kier alpha value is -1.30. The molecule has 1 saturated heterocycles.